The number of rotatable bonds is 2. The predicted octanol–water partition coefficient (Wildman–Crippen LogP) is 3.92. The zero-order valence-electron chi connectivity index (χ0n) is 14.7. The molecule has 1 saturated heterocycles. The van der Waals surface area contributed by atoms with Gasteiger partial charge in [-0.2, -0.15) is 4.99 Å². The number of esters is 1. The van der Waals surface area contributed by atoms with Crippen molar-refractivity contribution in [3.8, 4) is 5.75 Å². The summed E-state index contributed by atoms with van der Waals surface area (Å²) in [5.41, 5.74) is 1.30. The molecule has 2 aromatic rings. The number of benzene rings is 2. The highest BCUT2D eigenvalue weighted by Crippen LogP contribution is 2.33. The molecule has 0 aliphatic carbocycles. The molecule has 0 aromatic heterocycles. The molecule has 26 heavy (non-hydrogen) atoms. The first-order valence-electron chi connectivity index (χ1n) is 8.95. The van der Waals surface area contributed by atoms with Gasteiger partial charge in [-0.3, -0.25) is 9.59 Å². The second-order valence-electron chi connectivity index (χ2n) is 6.62. The minimum Gasteiger partial charge on any atom is -0.426 e. The Hall–Kier alpha value is -2.95. The van der Waals surface area contributed by atoms with Gasteiger partial charge in [-0.25, -0.2) is 0 Å². The number of nitrogens with zero attached hydrogens (tertiary/aromatic N) is 2. The van der Waals surface area contributed by atoms with Crippen molar-refractivity contribution in [1.29, 1.82) is 0 Å². The summed E-state index contributed by atoms with van der Waals surface area (Å²) in [5, 5.41) is 1.97. The summed E-state index contributed by atoms with van der Waals surface area (Å²) in [6, 6.07) is 11.6. The molecular formula is C21H20N2O3. The van der Waals surface area contributed by atoms with Crippen molar-refractivity contribution in [2.45, 2.75) is 32.6 Å². The predicted molar refractivity (Wildman–Crippen MR) is 101 cm³/mol. The molecule has 2 aromatic carbocycles. The van der Waals surface area contributed by atoms with Gasteiger partial charge in [0.15, 0.2) is 0 Å². The minimum absolute atomic E-state index is 0.219. The van der Waals surface area contributed by atoms with Gasteiger partial charge in [0, 0.05) is 25.5 Å². The summed E-state index contributed by atoms with van der Waals surface area (Å²) in [4.78, 5) is 30.3. The van der Waals surface area contributed by atoms with E-state index in [9.17, 15) is 9.59 Å². The summed E-state index contributed by atoms with van der Waals surface area (Å²) in [5.74, 6) is 0.709. The molecule has 1 amide bonds. The van der Waals surface area contributed by atoms with Crippen LogP contribution < -0.4 is 4.74 Å². The van der Waals surface area contributed by atoms with E-state index < -0.39 is 0 Å². The van der Waals surface area contributed by atoms with Gasteiger partial charge in [-0.05, 0) is 35.8 Å². The van der Waals surface area contributed by atoms with E-state index in [1.807, 2.05) is 41.3 Å². The minimum atomic E-state index is -0.385. The van der Waals surface area contributed by atoms with Crippen molar-refractivity contribution in [3.63, 3.8) is 0 Å². The molecule has 2 heterocycles. The third-order valence-corrected chi connectivity index (χ3v) is 4.80. The Morgan fingerprint density at radius 2 is 2.00 bits per heavy atom. The van der Waals surface area contributed by atoms with E-state index in [0.717, 1.165) is 54.4 Å². The summed E-state index contributed by atoms with van der Waals surface area (Å²) >= 11 is 0. The molecule has 0 radical (unpaired) electrons. The highest BCUT2D eigenvalue weighted by Gasteiger charge is 2.30. The van der Waals surface area contributed by atoms with Crippen molar-refractivity contribution in [3.05, 3.63) is 47.7 Å². The smallest absolute Gasteiger partial charge is 0.308 e. The standard InChI is InChI=1S/C21H20N2O3/c1-14(24)26-19-11-10-15-7-4-5-8-16(15)17(19)13-18-21(25)22-20-9-3-2-6-12-23(18)20/h4-5,7-8,10-11,13H,2-3,6,9,12H2,1H3. The molecule has 5 nitrogen and oxygen atoms in total. The first-order chi connectivity index (χ1) is 12.6. The molecule has 0 N–H and O–H groups in total. The first kappa shape index (κ1) is 16.5. The van der Waals surface area contributed by atoms with Crippen molar-refractivity contribution in [2.75, 3.05) is 6.54 Å². The van der Waals surface area contributed by atoms with E-state index in [0.29, 0.717) is 11.4 Å². The van der Waals surface area contributed by atoms with Crippen LogP contribution in [0.4, 0.5) is 0 Å². The Labute approximate surface area is 152 Å². The summed E-state index contributed by atoms with van der Waals surface area (Å²) < 4.78 is 5.41. The van der Waals surface area contributed by atoms with Crippen LogP contribution in [-0.4, -0.2) is 29.2 Å². The van der Waals surface area contributed by atoms with E-state index in [-0.39, 0.29) is 11.9 Å². The number of amides is 1. The van der Waals surface area contributed by atoms with E-state index in [1.165, 1.54) is 6.92 Å². The molecule has 1 fully saturated rings. The van der Waals surface area contributed by atoms with Crippen LogP contribution in [0.25, 0.3) is 16.8 Å². The second kappa shape index (κ2) is 6.75. The van der Waals surface area contributed by atoms with Crippen molar-refractivity contribution >= 4 is 34.6 Å². The maximum Gasteiger partial charge on any atom is 0.308 e. The number of fused-ring (bicyclic) bond motifs is 2. The van der Waals surface area contributed by atoms with E-state index >= 15 is 0 Å². The van der Waals surface area contributed by atoms with Gasteiger partial charge in [0.05, 0.1) is 0 Å². The number of carbonyl (C=O) groups excluding carboxylic acids is 2. The number of carbonyl (C=O) groups is 2. The van der Waals surface area contributed by atoms with Crippen LogP contribution in [0.1, 0.15) is 38.2 Å². The second-order valence-corrected chi connectivity index (χ2v) is 6.62. The lowest BCUT2D eigenvalue weighted by atomic mass is 10.0. The van der Waals surface area contributed by atoms with Gasteiger partial charge in [-0.15, -0.1) is 0 Å². The zero-order chi connectivity index (χ0) is 18.1. The first-order valence-corrected chi connectivity index (χ1v) is 8.95. The zero-order valence-corrected chi connectivity index (χ0v) is 14.7. The molecule has 4 rings (SSSR count). The molecule has 132 valence electrons. The quantitative estimate of drug-likeness (QED) is 0.469. The van der Waals surface area contributed by atoms with Crippen LogP contribution in [0, 0.1) is 0 Å². The highest BCUT2D eigenvalue weighted by molar-refractivity contribution is 6.14. The number of hydrogen-bond donors (Lipinski definition) is 0. The summed E-state index contributed by atoms with van der Waals surface area (Å²) in [6.07, 6.45) is 5.89. The van der Waals surface area contributed by atoms with Gasteiger partial charge in [0.25, 0.3) is 5.91 Å². The Morgan fingerprint density at radius 3 is 2.85 bits per heavy atom. The third-order valence-electron chi connectivity index (χ3n) is 4.80. The third kappa shape index (κ3) is 3.01. The topological polar surface area (TPSA) is 59.0 Å². The van der Waals surface area contributed by atoms with Crippen LogP contribution in [0.15, 0.2) is 47.1 Å². The fraction of sp³-hybridized carbons (Fsp3) is 0.286. The maximum absolute atomic E-state index is 12.5. The summed E-state index contributed by atoms with van der Waals surface area (Å²) in [7, 11) is 0. The van der Waals surface area contributed by atoms with Crippen molar-refractivity contribution in [2.24, 2.45) is 4.99 Å². The Balaban J connectivity index is 1.86. The monoisotopic (exact) mass is 348 g/mol. The number of hydrogen-bond acceptors (Lipinski definition) is 4. The SMILES string of the molecule is CC(=O)Oc1ccc2ccccc2c1C=C1C(=O)N=C2CCCCCN12. The molecular weight excluding hydrogens is 328 g/mol. The van der Waals surface area contributed by atoms with Crippen molar-refractivity contribution < 1.29 is 14.3 Å². The maximum atomic E-state index is 12.5. The molecule has 0 bridgehead atoms. The lowest BCUT2D eigenvalue weighted by molar-refractivity contribution is -0.131. The largest absolute Gasteiger partial charge is 0.426 e. The van der Waals surface area contributed by atoms with Crippen LogP contribution in [0.3, 0.4) is 0 Å². The van der Waals surface area contributed by atoms with Crippen LogP contribution in [0.2, 0.25) is 0 Å². The number of aliphatic imine (C=N–C) groups is 1. The van der Waals surface area contributed by atoms with Crippen LogP contribution in [0.5, 0.6) is 5.75 Å². The molecule has 2 aliphatic rings. The average Bonchev–Trinajstić information content (AvgIpc) is 2.78. The van der Waals surface area contributed by atoms with Crippen LogP contribution >= 0.6 is 0 Å². The normalized spacial score (nSPS) is 18.7. The molecule has 5 heteroatoms. The van der Waals surface area contributed by atoms with E-state index in [1.54, 1.807) is 6.07 Å². The molecule has 0 unspecified atom stereocenters. The molecule has 0 saturated carbocycles. The van der Waals surface area contributed by atoms with Crippen LogP contribution in [-0.2, 0) is 9.59 Å². The van der Waals surface area contributed by atoms with Gasteiger partial charge in [0.2, 0.25) is 0 Å². The molecule has 2 aliphatic heterocycles. The molecule has 0 atom stereocenters. The lowest BCUT2D eigenvalue weighted by Gasteiger charge is -2.19. The Kier molecular flexibility index (Phi) is 4.29. The van der Waals surface area contributed by atoms with E-state index in [4.69, 9.17) is 4.74 Å². The average molecular weight is 348 g/mol. The number of ether oxygens (including phenoxy) is 1. The molecule has 0 spiro atoms. The Morgan fingerprint density at radius 1 is 1.15 bits per heavy atom. The van der Waals surface area contributed by atoms with Gasteiger partial charge in [0.1, 0.15) is 17.3 Å². The number of amidine groups is 1. The highest BCUT2D eigenvalue weighted by atomic mass is 16.5. The van der Waals surface area contributed by atoms with Gasteiger partial charge in [-0.1, -0.05) is 36.8 Å². The Bertz CT molecular complexity index is 959. The fourth-order valence-corrected chi connectivity index (χ4v) is 3.60. The van der Waals surface area contributed by atoms with E-state index in [2.05, 4.69) is 4.99 Å². The van der Waals surface area contributed by atoms with Gasteiger partial charge < -0.3 is 9.64 Å². The van der Waals surface area contributed by atoms with Crippen molar-refractivity contribution in [1.82, 2.24) is 4.90 Å². The van der Waals surface area contributed by atoms with Gasteiger partial charge >= 0.3 is 5.97 Å². The fourth-order valence-electron chi connectivity index (χ4n) is 3.60. The summed E-state index contributed by atoms with van der Waals surface area (Å²) in [6.45, 7) is 2.17. The lowest BCUT2D eigenvalue weighted by Crippen LogP contribution is -2.26.